The van der Waals surface area contributed by atoms with Crippen LogP contribution < -0.4 is 10.1 Å². The normalized spacial score (nSPS) is 11.7. The number of nitrogens with zero attached hydrogens (tertiary/aromatic N) is 4. The van der Waals surface area contributed by atoms with Gasteiger partial charge in [-0.15, -0.1) is 16.4 Å². The molecular weight excluding hydrogens is 498 g/mol. The molecule has 0 saturated carbocycles. The highest BCUT2D eigenvalue weighted by atomic mass is 32.1. The quantitative estimate of drug-likeness (QED) is 0.288. The summed E-state index contributed by atoms with van der Waals surface area (Å²) in [5.74, 6) is 0.0707. The fourth-order valence-corrected chi connectivity index (χ4v) is 5.02. The van der Waals surface area contributed by atoms with Gasteiger partial charge in [0.1, 0.15) is 23.9 Å². The van der Waals surface area contributed by atoms with E-state index in [4.69, 9.17) is 4.74 Å². The topological polar surface area (TPSA) is 89.4 Å². The lowest BCUT2D eigenvalue weighted by atomic mass is 10.0. The van der Waals surface area contributed by atoms with E-state index in [9.17, 15) is 9.59 Å². The average Bonchev–Trinajstić information content (AvgIpc) is 3.62. The van der Waals surface area contributed by atoms with Crippen LogP contribution in [0.3, 0.4) is 0 Å². The second-order valence-electron chi connectivity index (χ2n) is 8.72. The number of aromatic nitrogens is 3. The molecule has 38 heavy (non-hydrogen) atoms. The van der Waals surface area contributed by atoms with E-state index in [1.165, 1.54) is 11.3 Å². The van der Waals surface area contributed by atoms with Crippen LogP contribution in [0.1, 0.15) is 22.0 Å². The van der Waals surface area contributed by atoms with Gasteiger partial charge in [-0.25, -0.2) is 4.68 Å². The number of rotatable bonds is 10. The van der Waals surface area contributed by atoms with Gasteiger partial charge in [-0.2, -0.15) is 0 Å². The van der Waals surface area contributed by atoms with Crippen molar-refractivity contribution in [2.24, 2.45) is 0 Å². The number of ether oxygens (including phenoxy) is 1. The summed E-state index contributed by atoms with van der Waals surface area (Å²) >= 11 is 1.54. The summed E-state index contributed by atoms with van der Waals surface area (Å²) < 4.78 is 7.01. The molecule has 2 heterocycles. The molecule has 0 aliphatic rings. The Balaban J connectivity index is 1.51. The summed E-state index contributed by atoms with van der Waals surface area (Å²) in [5.41, 5.74) is 3.08. The van der Waals surface area contributed by atoms with E-state index in [0.29, 0.717) is 23.4 Å². The molecule has 0 bridgehead atoms. The number of benzene rings is 3. The maximum absolute atomic E-state index is 14.0. The second-order valence-corrected chi connectivity index (χ2v) is 9.75. The van der Waals surface area contributed by atoms with Crippen molar-refractivity contribution in [1.29, 1.82) is 0 Å². The number of amides is 2. The van der Waals surface area contributed by atoms with Gasteiger partial charge in [0.2, 0.25) is 11.8 Å². The minimum absolute atomic E-state index is 0.0572. The van der Waals surface area contributed by atoms with Crippen LogP contribution in [-0.2, 0) is 29.2 Å². The third kappa shape index (κ3) is 5.73. The lowest BCUT2D eigenvalue weighted by Gasteiger charge is -2.31. The molecule has 0 spiro atoms. The monoisotopic (exact) mass is 525 g/mol. The number of carbonyl (C=O) groups is 2. The van der Waals surface area contributed by atoms with E-state index < -0.39 is 6.04 Å². The average molecular weight is 526 g/mol. The SMILES string of the molecule is COc1cccc(C(C(=O)NCc2ccccc2)N(Cc2cccs2)C(=O)Cn2nnc3ccccc32)c1. The molecule has 0 radical (unpaired) electrons. The van der Waals surface area contributed by atoms with Crippen LogP contribution in [0.25, 0.3) is 11.0 Å². The van der Waals surface area contributed by atoms with Crippen molar-refractivity contribution in [3.8, 4) is 5.75 Å². The Labute approximate surface area is 224 Å². The van der Waals surface area contributed by atoms with Gasteiger partial charge < -0.3 is 15.0 Å². The number of nitrogens with one attached hydrogen (secondary N) is 1. The minimum Gasteiger partial charge on any atom is -0.497 e. The van der Waals surface area contributed by atoms with Crippen molar-refractivity contribution in [1.82, 2.24) is 25.2 Å². The first kappa shape index (κ1) is 25.2. The van der Waals surface area contributed by atoms with Gasteiger partial charge in [0.05, 0.1) is 19.2 Å². The molecule has 8 nitrogen and oxygen atoms in total. The molecule has 2 aromatic heterocycles. The zero-order valence-electron chi connectivity index (χ0n) is 20.9. The van der Waals surface area contributed by atoms with Gasteiger partial charge in [0.15, 0.2) is 0 Å². The third-order valence-electron chi connectivity index (χ3n) is 6.21. The molecule has 0 fully saturated rings. The Hall–Kier alpha value is -4.50. The van der Waals surface area contributed by atoms with Crippen molar-refractivity contribution in [3.05, 3.63) is 112 Å². The summed E-state index contributed by atoms with van der Waals surface area (Å²) in [4.78, 5) is 30.4. The van der Waals surface area contributed by atoms with Gasteiger partial charge in [-0.3, -0.25) is 9.59 Å². The predicted octanol–water partition coefficient (Wildman–Crippen LogP) is 4.59. The Morgan fingerprint density at radius 2 is 1.82 bits per heavy atom. The summed E-state index contributed by atoms with van der Waals surface area (Å²) in [6.45, 7) is 0.553. The molecule has 1 atom stereocenters. The molecule has 5 aromatic rings. The first-order chi connectivity index (χ1) is 18.6. The third-order valence-corrected chi connectivity index (χ3v) is 7.07. The van der Waals surface area contributed by atoms with Crippen LogP contribution >= 0.6 is 11.3 Å². The van der Waals surface area contributed by atoms with Crippen LogP contribution in [0.4, 0.5) is 0 Å². The van der Waals surface area contributed by atoms with Crippen LogP contribution in [-0.4, -0.2) is 38.8 Å². The molecule has 3 aromatic carbocycles. The molecule has 0 aliphatic heterocycles. The Morgan fingerprint density at radius 3 is 2.61 bits per heavy atom. The lowest BCUT2D eigenvalue weighted by Crippen LogP contribution is -2.44. The van der Waals surface area contributed by atoms with Gasteiger partial charge in [-0.1, -0.05) is 65.9 Å². The first-order valence-electron chi connectivity index (χ1n) is 12.2. The lowest BCUT2D eigenvalue weighted by molar-refractivity contribution is -0.142. The van der Waals surface area contributed by atoms with Crippen LogP contribution in [0.15, 0.2) is 96.4 Å². The van der Waals surface area contributed by atoms with Gasteiger partial charge in [0, 0.05) is 11.4 Å². The maximum Gasteiger partial charge on any atom is 0.247 e. The second kappa shape index (κ2) is 11.7. The van der Waals surface area contributed by atoms with Crippen molar-refractivity contribution in [2.75, 3.05) is 7.11 Å². The Bertz CT molecular complexity index is 1520. The maximum atomic E-state index is 14.0. The highest BCUT2D eigenvalue weighted by molar-refractivity contribution is 7.09. The molecule has 2 amide bonds. The minimum atomic E-state index is -0.891. The highest BCUT2D eigenvalue weighted by Crippen LogP contribution is 2.28. The van der Waals surface area contributed by atoms with E-state index >= 15 is 0 Å². The predicted molar refractivity (Wildman–Crippen MR) is 146 cm³/mol. The van der Waals surface area contributed by atoms with Crippen LogP contribution in [0.2, 0.25) is 0 Å². The number of para-hydroxylation sites is 1. The van der Waals surface area contributed by atoms with Crippen LogP contribution in [0, 0.1) is 0 Å². The summed E-state index contributed by atoms with van der Waals surface area (Å²) in [6.07, 6.45) is 0. The van der Waals surface area contributed by atoms with Crippen molar-refractivity contribution in [2.45, 2.75) is 25.7 Å². The van der Waals surface area contributed by atoms with Crippen molar-refractivity contribution < 1.29 is 14.3 Å². The number of carbonyl (C=O) groups excluding carboxylic acids is 2. The van der Waals surface area contributed by atoms with E-state index in [1.807, 2.05) is 90.3 Å². The Morgan fingerprint density at radius 1 is 1.00 bits per heavy atom. The fraction of sp³-hybridized carbons (Fsp3) is 0.172. The van der Waals surface area contributed by atoms with Crippen molar-refractivity contribution in [3.63, 3.8) is 0 Å². The zero-order chi connectivity index (χ0) is 26.3. The number of thiophene rings is 1. The van der Waals surface area contributed by atoms with E-state index in [2.05, 4.69) is 15.6 Å². The van der Waals surface area contributed by atoms with E-state index in [1.54, 1.807) is 22.8 Å². The molecule has 0 saturated heterocycles. The molecule has 0 aliphatic carbocycles. The Kier molecular flexibility index (Phi) is 7.75. The number of methoxy groups -OCH3 is 1. The summed E-state index contributed by atoms with van der Waals surface area (Å²) in [7, 11) is 1.58. The molecule has 5 rings (SSSR count). The smallest absolute Gasteiger partial charge is 0.247 e. The van der Waals surface area contributed by atoms with Gasteiger partial charge in [0.25, 0.3) is 0 Å². The van der Waals surface area contributed by atoms with Gasteiger partial charge >= 0.3 is 0 Å². The zero-order valence-corrected chi connectivity index (χ0v) is 21.7. The largest absolute Gasteiger partial charge is 0.497 e. The molecular formula is C29H27N5O3S. The fourth-order valence-electron chi connectivity index (χ4n) is 4.31. The standard InChI is InChI=1S/C29H27N5O3S/c1-37-23-12-7-11-22(17-23)28(29(36)30-18-21-9-3-2-4-10-21)33(19-24-13-8-16-38-24)27(35)20-34-26-15-6-5-14-25(26)31-32-34/h2-17,28H,18-20H2,1H3,(H,30,36). The number of hydrogen-bond acceptors (Lipinski definition) is 6. The molecule has 1 N–H and O–H groups in total. The van der Waals surface area contributed by atoms with Crippen LogP contribution in [0.5, 0.6) is 5.75 Å². The highest BCUT2D eigenvalue weighted by Gasteiger charge is 2.32. The van der Waals surface area contributed by atoms with E-state index in [-0.39, 0.29) is 24.9 Å². The summed E-state index contributed by atoms with van der Waals surface area (Å²) in [6, 6.07) is 27.4. The summed E-state index contributed by atoms with van der Waals surface area (Å²) in [5, 5.41) is 13.4. The molecule has 9 heteroatoms. The van der Waals surface area contributed by atoms with E-state index in [0.717, 1.165) is 16.0 Å². The first-order valence-corrected chi connectivity index (χ1v) is 13.1. The van der Waals surface area contributed by atoms with Gasteiger partial charge in [-0.05, 0) is 46.8 Å². The molecule has 1 unspecified atom stereocenters. The number of hydrogen-bond donors (Lipinski definition) is 1. The molecule has 192 valence electrons. The number of fused-ring (bicyclic) bond motifs is 1. The van der Waals surface area contributed by atoms with Crippen molar-refractivity contribution >= 4 is 34.2 Å².